The first kappa shape index (κ1) is 16.2. The number of halogens is 1. The molecule has 0 radical (unpaired) electrons. The molecule has 0 spiro atoms. The molecule has 0 saturated heterocycles. The van der Waals surface area contributed by atoms with Gasteiger partial charge in [0.15, 0.2) is 0 Å². The van der Waals surface area contributed by atoms with E-state index in [9.17, 15) is 19.3 Å². The van der Waals surface area contributed by atoms with E-state index in [1.807, 2.05) is 0 Å². The third-order valence-corrected chi connectivity index (χ3v) is 3.54. The Hall–Kier alpha value is -3.62. The first-order valence-corrected chi connectivity index (χ1v) is 7.16. The number of aryl methyl sites for hydroxylation is 1. The summed E-state index contributed by atoms with van der Waals surface area (Å²) in [5.74, 6) is -0.953. The summed E-state index contributed by atoms with van der Waals surface area (Å²) in [5, 5.41) is 17.8. The molecular formula is C16H12FN5O3. The van der Waals surface area contributed by atoms with E-state index in [1.54, 1.807) is 6.92 Å². The third kappa shape index (κ3) is 3.34. The highest BCUT2D eigenvalue weighted by Crippen LogP contribution is 2.24. The van der Waals surface area contributed by atoms with Crippen molar-refractivity contribution in [3.8, 4) is 5.69 Å². The Morgan fingerprint density at radius 1 is 1.28 bits per heavy atom. The van der Waals surface area contributed by atoms with Gasteiger partial charge in [0.1, 0.15) is 24.2 Å². The van der Waals surface area contributed by atoms with Crippen LogP contribution in [-0.4, -0.2) is 25.6 Å². The number of hydrogen-bond acceptors (Lipinski definition) is 5. The number of benzene rings is 2. The molecule has 3 aromatic rings. The van der Waals surface area contributed by atoms with E-state index in [1.165, 1.54) is 47.7 Å². The van der Waals surface area contributed by atoms with E-state index in [0.29, 0.717) is 11.3 Å². The Balaban J connectivity index is 1.93. The molecule has 1 aromatic heterocycles. The Bertz CT molecular complexity index is 956. The number of carbonyl (C=O) groups is 1. The van der Waals surface area contributed by atoms with Gasteiger partial charge in [-0.2, -0.15) is 5.10 Å². The van der Waals surface area contributed by atoms with Gasteiger partial charge < -0.3 is 5.32 Å². The van der Waals surface area contributed by atoms with Gasteiger partial charge in [-0.3, -0.25) is 14.9 Å². The maximum Gasteiger partial charge on any atom is 0.295 e. The quantitative estimate of drug-likeness (QED) is 0.580. The van der Waals surface area contributed by atoms with Crippen LogP contribution in [0.3, 0.4) is 0 Å². The van der Waals surface area contributed by atoms with Crippen LogP contribution in [0.4, 0.5) is 15.8 Å². The number of nitro groups is 1. The molecule has 1 N–H and O–H groups in total. The van der Waals surface area contributed by atoms with Crippen LogP contribution in [-0.2, 0) is 0 Å². The van der Waals surface area contributed by atoms with Crippen molar-refractivity contribution in [2.24, 2.45) is 0 Å². The molecule has 0 aliphatic heterocycles. The van der Waals surface area contributed by atoms with Crippen molar-refractivity contribution >= 4 is 17.3 Å². The number of amides is 1. The van der Waals surface area contributed by atoms with Crippen LogP contribution in [0.5, 0.6) is 0 Å². The summed E-state index contributed by atoms with van der Waals surface area (Å²) in [7, 11) is 0. The summed E-state index contributed by atoms with van der Waals surface area (Å²) in [6, 6.07) is 7.95. The summed E-state index contributed by atoms with van der Waals surface area (Å²) >= 11 is 0. The van der Waals surface area contributed by atoms with E-state index >= 15 is 0 Å². The molecule has 1 heterocycles. The van der Waals surface area contributed by atoms with Gasteiger partial charge >= 0.3 is 0 Å². The lowest BCUT2D eigenvalue weighted by atomic mass is 10.1. The van der Waals surface area contributed by atoms with E-state index in [-0.39, 0.29) is 16.9 Å². The molecule has 3 rings (SSSR count). The minimum absolute atomic E-state index is 0.0966. The van der Waals surface area contributed by atoms with Crippen LogP contribution in [0, 0.1) is 22.9 Å². The molecule has 1 amide bonds. The van der Waals surface area contributed by atoms with Gasteiger partial charge in [-0.15, -0.1) is 0 Å². The summed E-state index contributed by atoms with van der Waals surface area (Å²) in [6.45, 7) is 1.65. The normalized spacial score (nSPS) is 10.5. The molecule has 0 atom stereocenters. The van der Waals surface area contributed by atoms with Crippen LogP contribution < -0.4 is 5.32 Å². The number of nitrogens with zero attached hydrogens (tertiary/aromatic N) is 4. The van der Waals surface area contributed by atoms with Crippen molar-refractivity contribution in [2.75, 3.05) is 5.32 Å². The summed E-state index contributed by atoms with van der Waals surface area (Å²) < 4.78 is 14.4. The van der Waals surface area contributed by atoms with Gasteiger partial charge in [0, 0.05) is 17.3 Å². The van der Waals surface area contributed by atoms with Crippen molar-refractivity contribution in [3.63, 3.8) is 0 Å². The Morgan fingerprint density at radius 2 is 2.08 bits per heavy atom. The Labute approximate surface area is 141 Å². The number of anilines is 1. The highest BCUT2D eigenvalue weighted by molar-refractivity contribution is 6.05. The van der Waals surface area contributed by atoms with Crippen molar-refractivity contribution in [3.05, 3.63) is 76.1 Å². The zero-order valence-corrected chi connectivity index (χ0v) is 13.0. The second-order valence-electron chi connectivity index (χ2n) is 5.21. The second-order valence-corrected chi connectivity index (χ2v) is 5.21. The zero-order valence-electron chi connectivity index (χ0n) is 13.0. The van der Waals surface area contributed by atoms with E-state index < -0.39 is 16.6 Å². The minimum atomic E-state index is -0.600. The number of carbonyl (C=O) groups excluding carboxylic acids is 1. The van der Waals surface area contributed by atoms with Gasteiger partial charge in [0.25, 0.3) is 11.6 Å². The Morgan fingerprint density at radius 3 is 2.72 bits per heavy atom. The molecular weight excluding hydrogens is 329 g/mol. The maximum atomic E-state index is 13.1. The van der Waals surface area contributed by atoms with Crippen LogP contribution in [0.1, 0.15) is 15.9 Å². The molecule has 0 aliphatic carbocycles. The molecule has 126 valence electrons. The van der Waals surface area contributed by atoms with Crippen molar-refractivity contribution in [2.45, 2.75) is 6.92 Å². The molecule has 25 heavy (non-hydrogen) atoms. The first-order chi connectivity index (χ1) is 12.0. The highest BCUT2D eigenvalue weighted by Gasteiger charge is 2.19. The summed E-state index contributed by atoms with van der Waals surface area (Å²) in [4.78, 5) is 26.8. The molecule has 2 aromatic carbocycles. The van der Waals surface area contributed by atoms with Crippen molar-refractivity contribution in [1.82, 2.24) is 14.8 Å². The molecule has 0 bridgehead atoms. The molecule has 0 unspecified atom stereocenters. The smallest absolute Gasteiger partial charge is 0.295 e. The van der Waals surface area contributed by atoms with E-state index in [0.717, 1.165) is 6.07 Å². The maximum absolute atomic E-state index is 13.1. The van der Waals surface area contributed by atoms with Gasteiger partial charge in [-0.25, -0.2) is 14.1 Å². The number of aromatic nitrogens is 3. The van der Waals surface area contributed by atoms with Gasteiger partial charge in [-0.05, 0) is 42.8 Å². The molecule has 9 heteroatoms. The van der Waals surface area contributed by atoms with Crippen LogP contribution in [0.25, 0.3) is 5.69 Å². The largest absolute Gasteiger partial charge is 0.322 e. The van der Waals surface area contributed by atoms with Crippen LogP contribution >= 0.6 is 0 Å². The highest BCUT2D eigenvalue weighted by atomic mass is 19.1. The second kappa shape index (κ2) is 6.48. The lowest BCUT2D eigenvalue weighted by molar-refractivity contribution is -0.384. The topological polar surface area (TPSA) is 103 Å². The summed E-state index contributed by atoms with van der Waals surface area (Å²) in [5.41, 5.74) is 0.974. The fraction of sp³-hybridized carbons (Fsp3) is 0.0625. The van der Waals surface area contributed by atoms with E-state index in [4.69, 9.17) is 0 Å². The van der Waals surface area contributed by atoms with E-state index in [2.05, 4.69) is 15.4 Å². The van der Waals surface area contributed by atoms with Gasteiger partial charge in [0.2, 0.25) is 0 Å². The van der Waals surface area contributed by atoms with Crippen LogP contribution in [0.15, 0.2) is 49.1 Å². The summed E-state index contributed by atoms with van der Waals surface area (Å²) in [6.07, 6.45) is 2.58. The fourth-order valence-electron chi connectivity index (χ4n) is 2.30. The average molecular weight is 341 g/mol. The zero-order chi connectivity index (χ0) is 18.0. The minimum Gasteiger partial charge on any atom is -0.322 e. The van der Waals surface area contributed by atoms with Crippen molar-refractivity contribution in [1.29, 1.82) is 0 Å². The number of rotatable bonds is 4. The predicted molar refractivity (Wildman–Crippen MR) is 87.1 cm³/mol. The molecule has 0 fully saturated rings. The molecule has 8 nitrogen and oxygen atoms in total. The lowest BCUT2D eigenvalue weighted by Gasteiger charge is -2.09. The van der Waals surface area contributed by atoms with Crippen LogP contribution in [0.2, 0.25) is 0 Å². The molecule has 0 saturated carbocycles. The fourth-order valence-corrected chi connectivity index (χ4v) is 2.30. The van der Waals surface area contributed by atoms with Gasteiger partial charge in [-0.1, -0.05) is 0 Å². The number of nitrogens with one attached hydrogen (secondary N) is 1. The van der Waals surface area contributed by atoms with Crippen molar-refractivity contribution < 1.29 is 14.1 Å². The number of nitro benzene ring substituents is 1. The predicted octanol–water partition coefficient (Wildman–Crippen LogP) is 2.88. The van der Waals surface area contributed by atoms with Gasteiger partial charge in [0.05, 0.1) is 4.92 Å². The third-order valence-electron chi connectivity index (χ3n) is 3.54. The average Bonchev–Trinajstić information content (AvgIpc) is 3.11. The number of hydrogen-bond donors (Lipinski definition) is 1. The monoisotopic (exact) mass is 341 g/mol. The molecule has 0 aliphatic rings. The Kier molecular flexibility index (Phi) is 4.21. The standard InChI is InChI=1S/C16H12FN5O3/c1-10-6-12(17)3-4-13(10)20-16(23)11-2-5-14(15(7-11)22(24)25)21-9-18-8-19-21/h2-9H,1H3,(H,20,23). The lowest BCUT2D eigenvalue weighted by Crippen LogP contribution is -2.14. The first-order valence-electron chi connectivity index (χ1n) is 7.16. The SMILES string of the molecule is Cc1cc(F)ccc1NC(=O)c1ccc(-n2cncn2)c([N+](=O)[O-])c1.